The van der Waals surface area contributed by atoms with Crippen LogP contribution in [0.1, 0.15) is 16.7 Å². The number of halogens is 3. The lowest BCUT2D eigenvalue weighted by atomic mass is 10.0. The topological polar surface area (TPSA) is 83.6 Å². The van der Waals surface area contributed by atoms with Gasteiger partial charge in [0.2, 0.25) is 0 Å². The van der Waals surface area contributed by atoms with Gasteiger partial charge in [0.05, 0.1) is 16.6 Å². The molecule has 4 aromatic rings. The standard InChI is InChI=1S/C26H23BrClFN2O4/c1-34-24-10-15(9-19(27)25(24)35-14-18-20(28)6-4-7-21(18)29)12-30-23(26(32)33)11-16-13-31-22-8-3-2-5-17(16)22/h2-10,13,23,30-31H,11-12,14H2,1H3,(H,32,33)/t23-/m0/s1. The fraction of sp³-hybridized carbons (Fsp3) is 0.192. The molecule has 3 aromatic carbocycles. The second kappa shape index (κ2) is 11.1. The van der Waals surface area contributed by atoms with Gasteiger partial charge in [-0.15, -0.1) is 0 Å². The van der Waals surface area contributed by atoms with E-state index >= 15 is 0 Å². The number of carboxylic acids is 1. The predicted molar refractivity (Wildman–Crippen MR) is 137 cm³/mol. The van der Waals surface area contributed by atoms with Crippen LogP contribution in [0.2, 0.25) is 5.02 Å². The first kappa shape index (κ1) is 25.0. The van der Waals surface area contributed by atoms with E-state index in [0.717, 1.165) is 22.0 Å². The van der Waals surface area contributed by atoms with Crippen molar-refractivity contribution in [2.75, 3.05) is 7.11 Å². The van der Waals surface area contributed by atoms with Gasteiger partial charge in [-0.05, 0) is 57.4 Å². The molecule has 1 atom stereocenters. The highest BCUT2D eigenvalue weighted by molar-refractivity contribution is 9.10. The summed E-state index contributed by atoms with van der Waals surface area (Å²) < 4.78 is 26.0. The highest BCUT2D eigenvalue weighted by Crippen LogP contribution is 2.38. The number of fused-ring (bicyclic) bond motifs is 1. The summed E-state index contributed by atoms with van der Waals surface area (Å²) in [7, 11) is 1.50. The first-order chi connectivity index (χ1) is 16.9. The molecule has 0 radical (unpaired) electrons. The lowest BCUT2D eigenvalue weighted by Crippen LogP contribution is -2.38. The maximum absolute atomic E-state index is 14.1. The van der Waals surface area contributed by atoms with Crippen LogP contribution in [0.3, 0.4) is 0 Å². The van der Waals surface area contributed by atoms with Crippen LogP contribution in [-0.2, 0) is 24.4 Å². The first-order valence-corrected chi connectivity index (χ1v) is 12.0. The van der Waals surface area contributed by atoms with Crippen molar-refractivity contribution in [3.63, 3.8) is 0 Å². The minimum Gasteiger partial charge on any atom is -0.493 e. The molecule has 35 heavy (non-hydrogen) atoms. The minimum atomic E-state index is -0.942. The van der Waals surface area contributed by atoms with Crippen LogP contribution in [0.4, 0.5) is 4.39 Å². The van der Waals surface area contributed by atoms with E-state index in [-0.39, 0.29) is 23.7 Å². The van der Waals surface area contributed by atoms with Gasteiger partial charge in [-0.3, -0.25) is 4.79 Å². The van der Waals surface area contributed by atoms with E-state index in [1.54, 1.807) is 18.2 Å². The number of aliphatic carboxylic acids is 1. The van der Waals surface area contributed by atoms with Crippen LogP contribution in [0.15, 0.2) is 65.3 Å². The van der Waals surface area contributed by atoms with Gasteiger partial charge in [0.15, 0.2) is 11.5 Å². The Balaban J connectivity index is 1.47. The molecule has 0 bridgehead atoms. The number of hydrogen-bond acceptors (Lipinski definition) is 4. The predicted octanol–water partition coefficient (Wildman–Crippen LogP) is 6.10. The van der Waals surface area contributed by atoms with Crippen molar-refractivity contribution in [2.24, 2.45) is 0 Å². The highest BCUT2D eigenvalue weighted by atomic mass is 79.9. The van der Waals surface area contributed by atoms with Crippen LogP contribution in [0, 0.1) is 5.82 Å². The minimum absolute atomic E-state index is 0.0796. The smallest absolute Gasteiger partial charge is 0.321 e. The molecule has 0 aliphatic heterocycles. The van der Waals surface area contributed by atoms with Crippen LogP contribution < -0.4 is 14.8 Å². The van der Waals surface area contributed by atoms with Crippen molar-refractivity contribution in [1.29, 1.82) is 0 Å². The Labute approximate surface area is 215 Å². The summed E-state index contributed by atoms with van der Waals surface area (Å²) in [6.45, 7) is 0.206. The molecule has 1 heterocycles. The average molecular weight is 562 g/mol. The summed E-state index contributed by atoms with van der Waals surface area (Å²) in [6, 6.07) is 15.0. The van der Waals surface area contributed by atoms with Crippen molar-refractivity contribution in [1.82, 2.24) is 10.3 Å². The van der Waals surface area contributed by atoms with Crippen LogP contribution in [0.5, 0.6) is 11.5 Å². The number of carboxylic acid groups (broad SMARTS) is 1. The molecule has 3 N–H and O–H groups in total. The maximum atomic E-state index is 14.1. The number of para-hydroxylation sites is 1. The zero-order valence-corrected chi connectivity index (χ0v) is 21.1. The number of carbonyl (C=O) groups is 1. The molecule has 0 aliphatic rings. The fourth-order valence-corrected chi connectivity index (χ4v) is 4.66. The first-order valence-electron chi connectivity index (χ1n) is 10.8. The van der Waals surface area contributed by atoms with E-state index in [1.165, 1.54) is 19.2 Å². The third kappa shape index (κ3) is 5.78. The normalized spacial score (nSPS) is 12.0. The molecule has 0 saturated heterocycles. The average Bonchev–Trinajstić information content (AvgIpc) is 3.24. The molecular formula is C26H23BrClFN2O4. The van der Waals surface area contributed by atoms with Gasteiger partial charge in [-0.2, -0.15) is 0 Å². The van der Waals surface area contributed by atoms with Crippen molar-refractivity contribution in [3.05, 3.63) is 92.8 Å². The Hall–Kier alpha value is -3.07. The number of ether oxygens (including phenoxy) is 2. The quantitative estimate of drug-likeness (QED) is 0.218. The third-order valence-electron chi connectivity index (χ3n) is 5.66. The number of hydrogen-bond donors (Lipinski definition) is 3. The summed E-state index contributed by atoms with van der Waals surface area (Å²) >= 11 is 9.57. The molecule has 182 valence electrons. The van der Waals surface area contributed by atoms with Gasteiger partial charge in [-0.25, -0.2) is 4.39 Å². The number of H-pyrrole nitrogens is 1. The Bertz CT molecular complexity index is 1340. The number of benzene rings is 3. The largest absolute Gasteiger partial charge is 0.493 e. The molecule has 0 unspecified atom stereocenters. The summed E-state index contributed by atoms with van der Waals surface area (Å²) in [6.07, 6.45) is 2.16. The fourth-order valence-electron chi connectivity index (χ4n) is 3.84. The zero-order chi connectivity index (χ0) is 24.9. The van der Waals surface area contributed by atoms with Gasteiger partial charge >= 0.3 is 5.97 Å². The number of nitrogens with one attached hydrogen (secondary N) is 2. The third-order valence-corrected chi connectivity index (χ3v) is 6.60. The monoisotopic (exact) mass is 560 g/mol. The van der Waals surface area contributed by atoms with E-state index in [1.807, 2.05) is 30.5 Å². The lowest BCUT2D eigenvalue weighted by Gasteiger charge is -2.17. The number of aromatic amines is 1. The molecule has 9 heteroatoms. The number of rotatable bonds is 10. The molecular weight excluding hydrogens is 539 g/mol. The van der Waals surface area contributed by atoms with Crippen molar-refractivity contribution in [3.8, 4) is 11.5 Å². The molecule has 0 fully saturated rings. The maximum Gasteiger partial charge on any atom is 0.321 e. The Morgan fingerprint density at radius 1 is 1.23 bits per heavy atom. The zero-order valence-electron chi connectivity index (χ0n) is 18.8. The summed E-state index contributed by atoms with van der Waals surface area (Å²) in [4.78, 5) is 15.1. The lowest BCUT2D eigenvalue weighted by molar-refractivity contribution is -0.139. The van der Waals surface area contributed by atoms with Crippen molar-refractivity contribution >= 4 is 44.4 Å². The summed E-state index contributed by atoms with van der Waals surface area (Å²) in [5, 5.41) is 14.2. The number of methoxy groups -OCH3 is 1. The highest BCUT2D eigenvalue weighted by Gasteiger charge is 2.20. The second-order valence-electron chi connectivity index (χ2n) is 7.93. The van der Waals surface area contributed by atoms with E-state index in [0.29, 0.717) is 22.4 Å². The van der Waals surface area contributed by atoms with E-state index in [2.05, 4.69) is 26.2 Å². The van der Waals surface area contributed by atoms with E-state index in [9.17, 15) is 14.3 Å². The molecule has 0 spiro atoms. The SMILES string of the molecule is COc1cc(CN[C@@H](Cc2c[nH]c3ccccc23)C(=O)O)cc(Br)c1OCc1c(F)cccc1Cl. The van der Waals surface area contributed by atoms with Gasteiger partial charge < -0.3 is 24.9 Å². The molecule has 4 rings (SSSR count). The van der Waals surface area contributed by atoms with Gasteiger partial charge in [-0.1, -0.05) is 35.9 Å². The van der Waals surface area contributed by atoms with E-state index < -0.39 is 17.8 Å². The number of aromatic nitrogens is 1. The second-order valence-corrected chi connectivity index (χ2v) is 9.19. The van der Waals surface area contributed by atoms with Crippen LogP contribution in [-0.4, -0.2) is 29.2 Å². The van der Waals surface area contributed by atoms with Gasteiger partial charge in [0.25, 0.3) is 0 Å². The van der Waals surface area contributed by atoms with Gasteiger partial charge in [0, 0.05) is 35.6 Å². The molecule has 0 amide bonds. The molecule has 0 aliphatic carbocycles. The summed E-state index contributed by atoms with van der Waals surface area (Å²) in [5.41, 5.74) is 2.92. The Morgan fingerprint density at radius 2 is 2.03 bits per heavy atom. The Morgan fingerprint density at radius 3 is 2.77 bits per heavy atom. The Kier molecular flexibility index (Phi) is 7.95. The van der Waals surface area contributed by atoms with Crippen LogP contribution in [0.25, 0.3) is 10.9 Å². The van der Waals surface area contributed by atoms with Crippen molar-refractivity contribution < 1.29 is 23.8 Å². The van der Waals surface area contributed by atoms with Gasteiger partial charge in [0.1, 0.15) is 18.5 Å². The van der Waals surface area contributed by atoms with E-state index in [4.69, 9.17) is 21.1 Å². The molecule has 1 aromatic heterocycles. The molecule has 0 saturated carbocycles. The van der Waals surface area contributed by atoms with Crippen molar-refractivity contribution in [2.45, 2.75) is 25.6 Å². The summed E-state index contributed by atoms with van der Waals surface area (Å²) in [5.74, 6) is -0.581. The van der Waals surface area contributed by atoms with Crippen LogP contribution >= 0.6 is 27.5 Å². The molecule has 6 nitrogen and oxygen atoms in total.